The first-order valence-electron chi connectivity index (χ1n) is 7.80. The molecule has 0 aliphatic rings. The first-order valence-corrected chi connectivity index (χ1v) is 9.73. The van der Waals surface area contributed by atoms with Crippen molar-refractivity contribution in [2.24, 2.45) is 0 Å². The summed E-state index contributed by atoms with van der Waals surface area (Å²) in [5, 5.41) is -0.714. The number of rotatable bonds is 7. The predicted octanol–water partition coefficient (Wildman–Crippen LogP) is 5.71. The molecule has 0 aliphatic carbocycles. The van der Waals surface area contributed by atoms with Crippen molar-refractivity contribution >= 4 is 21.4 Å². The van der Waals surface area contributed by atoms with Crippen LogP contribution in [0.4, 0.5) is 8.78 Å². The summed E-state index contributed by atoms with van der Waals surface area (Å²) in [6, 6.07) is 8.65. The average molecular weight is 373 g/mol. The maximum atomic E-state index is 14.2. The van der Waals surface area contributed by atoms with Crippen LogP contribution in [0, 0.1) is 11.6 Å². The number of hydrogen-bond donors (Lipinski definition) is 0. The van der Waals surface area contributed by atoms with Crippen molar-refractivity contribution in [1.29, 1.82) is 0 Å². The quantitative estimate of drug-likeness (QED) is 0.583. The van der Waals surface area contributed by atoms with Crippen LogP contribution in [-0.4, -0.2) is 8.42 Å². The Kier molecular flexibility index (Phi) is 6.35. The van der Waals surface area contributed by atoms with Gasteiger partial charge in [0.15, 0.2) is 9.84 Å². The second kappa shape index (κ2) is 8.08. The van der Waals surface area contributed by atoms with Gasteiger partial charge in [-0.3, -0.25) is 0 Å². The van der Waals surface area contributed by atoms with Gasteiger partial charge < -0.3 is 0 Å². The minimum absolute atomic E-state index is 0.0528. The van der Waals surface area contributed by atoms with Crippen LogP contribution in [-0.2, 0) is 9.84 Å². The summed E-state index contributed by atoms with van der Waals surface area (Å²) in [5.74, 6) is -1.37. The summed E-state index contributed by atoms with van der Waals surface area (Å²) in [6.45, 7) is 1.99. The molecule has 0 aromatic heterocycles. The zero-order chi connectivity index (χ0) is 17.7. The minimum Gasteiger partial charge on any atom is -0.223 e. The Bertz CT molecular complexity index is 789. The van der Waals surface area contributed by atoms with Crippen LogP contribution in [0.15, 0.2) is 47.4 Å². The summed E-state index contributed by atoms with van der Waals surface area (Å²) in [4.78, 5) is 0.0528. The molecule has 130 valence electrons. The highest BCUT2D eigenvalue weighted by atomic mass is 35.5. The number of halogens is 3. The fourth-order valence-corrected chi connectivity index (χ4v) is 4.57. The summed E-state index contributed by atoms with van der Waals surface area (Å²) in [7, 11) is -3.86. The molecule has 24 heavy (non-hydrogen) atoms. The van der Waals surface area contributed by atoms with Gasteiger partial charge >= 0.3 is 0 Å². The Balaban J connectivity index is 2.48. The number of benzene rings is 2. The molecule has 2 rings (SSSR count). The molecular weight excluding hydrogens is 354 g/mol. The lowest BCUT2D eigenvalue weighted by Gasteiger charge is -2.19. The highest BCUT2D eigenvalue weighted by molar-refractivity contribution is 7.91. The molecule has 2 aromatic rings. The van der Waals surface area contributed by atoms with Crippen LogP contribution in [0.2, 0.25) is 5.02 Å². The van der Waals surface area contributed by atoms with Crippen molar-refractivity contribution in [1.82, 2.24) is 0 Å². The summed E-state index contributed by atoms with van der Waals surface area (Å²) in [5.41, 5.74) is -0.124. The van der Waals surface area contributed by atoms with Crippen LogP contribution in [0.25, 0.3) is 0 Å². The maximum absolute atomic E-state index is 14.2. The van der Waals surface area contributed by atoms with E-state index in [-0.39, 0.29) is 16.9 Å². The predicted molar refractivity (Wildman–Crippen MR) is 91.9 cm³/mol. The highest BCUT2D eigenvalue weighted by Gasteiger charge is 2.31. The second-order valence-electron chi connectivity index (χ2n) is 5.65. The zero-order valence-corrected chi connectivity index (χ0v) is 14.9. The lowest BCUT2D eigenvalue weighted by atomic mass is 10.0. The molecule has 0 heterocycles. The van der Waals surface area contributed by atoms with Gasteiger partial charge in [0, 0.05) is 10.6 Å². The number of sulfone groups is 1. The van der Waals surface area contributed by atoms with E-state index in [1.54, 1.807) is 0 Å². The summed E-state index contributed by atoms with van der Waals surface area (Å²) >= 11 is 5.80. The van der Waals surface area contributed by atoms with Gasteiger partial charge in [0.1, 0.15) is 11.6 Å². The van der Waals surface area contributed by atoms with Gasteiger partial charge in [0.2, 0.25) is 0 Å². The van der Waals surface area contributed by atoms with Gasteiger partial charge in [-0.15, -0.1) is 0 Å². The molecule has 2 nitrogen and oxygen atoms in total. The van der Waals surface area contributed by atoms with E-state index in [1.165, 1.54) is 24.3 Å². The maximum Gasteiger partial charge on any atom is 0.185 e. The number of unbranched alkanes of at least 4 members (excludes halogenated alkanes) is 2. The van der Waals surface area contributed by atoms with Crippen LogP contribution in [0.1, 0.15) is 43.4 Å². The standard InChI is InChI=1S/C18H19ClF2O2S/c1-2-3-4-5-18(16-12-14(20)8-11-17(16)21)24(22,23)15-9-6-13(19)7-10-15/h6-12,18H,2-5H2,1H3. The van der Waals surface area contributed by atoms with E-state index in [9.17, 15) is 17.2 Å². The second-order valence-corrected chi connectivity index (χ2v) is 8.22. The van der Waals surface area contributed by atoms with E-state index in [2.05, 4.69) is 0 Å². The summed E-state index contributed by atoms with van der Waals surface area (Å²) < 4.78 is 53.7. The third-order valence-corrected chi connectivity index (χ3v) is 6.31. The first kappa shape index (κ1) is 18.9. The van der Waals surface area contributed by atoms with E-state index in [4.69, 9.17) is 11.6 Å². The zero-order valence-electron chi connectivity index (χ0n) is 13.3. The fourth-order valence-electron chi connectivity index (χ4n) is 2.61. The molecule has 0 radical (unpaired) electrons. The van der Waals surface area contributed by atoms with Gasteiger partial charge in [-0.25, -0.2) is 17.2 Å². The van der Waals surface area contributed by atoms with Gasteiger partial charge in [-0.1, -0.05) is 37.8 Å². The minimum atomic E-state index is -3.86. The van der Waals surface area contributed by atoms with Crippen LogP contribution in [0.3, 0.4) is 0 Å². The Hall–Kier alpha value is -1.46. The lowest BCUT2D eigenvalue weighted by molar-refractivity contribution is 0.540. The molecule has 2 aromatic carbocycles. The van der Waals surface area contributed by atoms with E-state index in [0.717, 1.165) is 31.0 Å². The van der Waals surface area contributed by atoms with Crippen molar-refractivity contribution in [2.45, 2.75) is 42.8 Å². The molecule has 0 fully saturated rings. The molecule has 1 unspecified atom stereocenters. The topological polar surface area (TPSA) is 34.1 Å². The van der Waals surface area contributed by atoms with Crippen LogP contribution < -0.4 is 0 Å². The molecule has 0 spiro atoms. The molecule has 0 saturated carbocycles. The lowest BCUT2D eigenvalue weighted by Crippen LogP contribution is -2.16. The molecule has 0 aliphatic heterocycles. The van der Waals surface area contributed by atoms with Gasteiger partial charge in [0.25, 0.3) is 0 Å². The molecular formula is C18H19ClF2O2S. The molecule has 6 heteroatoms. The van der Waals surface area contributed by atoms with Crippen LogP contribution in [0.5, 0.6) is 0 Å². The van der Waals surface area contributed by atoms with Crippen LogP contribution >= 0.6 is 11.6 Å². The Morgan fingerprint density at radius 3 is 2.33 bits per heavy atom. The Morgan fingerprint density at radius 2 is 1.71 bits per heavy atom. The molecule has 0 N–H and O–H groups in total. The van der Waals surface area contributed by atoms with Crippen molar-refractivity contribution in [2.75, 3.05) is 0 Å². The Labute approximate surface area is 146 Å². The SMILES string of the molecule is CCCCCC(c1cc(F)ccc1F)S(=O)(=O)c1ccc(Cl)cc1. The smallest absolute Gasteiger partial charge is 0.185 e. The van der Waals surface area contributed by atoms with Crippen molar-refractivity contribution in [3.63, 3.8) is 0 Å². The van der Waals surface area contributed by atoms with E-state index in [0.29, 0.717) is 11.4 Å². The largest absolute Gasteiger partial charge is 0.223 e. The van der Waals surface area contributed by atoms with Gasteiger partial charge in [-0.2, -0.15) is 0 Å². The van der Waals surface area contributed by atoms with Crippen molar-refractivity contribution in [3.8, 4) is 0 Å². The summed E-state index contributed by atoms with van der Waals surface area (Å²) in [6.07, 6.45) is 2.58. The molecule has 0 amide bonds. The average Bonchev–Trinajstić information content (AvgIpc) is 2.54. The van der Waals surface area contributed by atoms with Crippen molar-refractivity contribution < 1.29 is 17.2 Å². The third-order valence-electron chi connectivity index (χ3n) is 3.89. The highest BCUT2D eigenvalue weighted by Crippen LogP contribution is 2.35. The molecule has 0 saturated heterocycles. The van der Waals surface area contributed by atoms with Gasteiger partial charge in [-0.05, 0) is 48.9 Å². The Morgan fingerprint density at radius 1 is 1.04 bits per heavy atom. The first-order chi connectivity index (χ1) is 11.4. The molecule has 1 atom stereocenters. The molecule has 0 bridgehead atoms. The van der Waals surface area contributed by atoms with E-state index >= 15 is 0 Å². The monoisotopic (exact) mass is 372 g/mol. The van der Waals surface area contributed by atoms with E-state index < -0.39 is 26.7 Å². The normalized spacial score (nSPS) is 13.0. The van der Waals surface area contributed by atoms with Gasteiger partial charge in [0.05, 0.1) is 10.1 Å². The fraction of sp³-hybridized carbons (Fsp3) is 0.333. The van der Waals surface area contributed by atoms with E-state index in [1.807, 2.05) is 6.92 Å². The third kappa shape index (κ3) is 4.33. The number of hydrogen-bond acceptors (Lipinski definition) is 2. The van der Waals surface area contributed by atoms with Crippen molar-refractivity contribution in [3.05, 3.63) is 64.7 Å².